The molecule has 0 unspecified atom stereocenters. The first-order valence-electron chi connectivity index (χ1n) is 21.4. The van der Waals surface area contributed by atoms with E-state index in [1.807, 2.05) is 65.8 Å². The van der Waals surface area contributed by atoms with E-state index in [0.717, 1.165) is 17.1 Å². The fourth-order valence-corrected chi connectivity index (χ4v) is 5.26. The topological polar surface area (TPSA) is 51.8 Å². The van der Waals surface area contributed by atoms with Crippen molar-refractivity contribution in [3.8, 4) is 22.5 Å². The van der Waals surface area contributed by atoms with Gasteiger partial charge in [-0.25, -0.2) is 4.98 Å². The zero-order chi connectivity index (χ0) is 43.9. The molecule has 0 fully saturated rings. The molecule has 0 aliphatic carbocycles. The van der Waals surface area contributed by atoms with Gasteiger partial charge < -0.3 is 14.4 Å². The molecule has 5 heteroatoms. The van der Waals surface area contributed by atoms with E-state index in [1.165, 1.54) is 18.3 Å². The molecule has 0 bridgehead atoms. The minimum Gasteiger partial charge on any atom is -0.486 e. The van der Waals surface area contributed by atoms with Crippen LogP contribution in [0.4, 0.5) is 0 Å². The maximum atomic E-state index is 8.77. The van der Waals surface area contributed by atoms with Gasteiger partial charge in [0.1, 0.15) is 0 Å². The minimum absolute atomic E-state index is 0. The van der Waals surface area contributed by atoms with Crippen LogP contribution in [-0.4, -0.2) is 15.0 Å². The smallest absolute Gasteiger partial charge is 0.216 e. The third-order valence-corrected chi connectivity index (χ3v) is 7.09. The molecule has 4 aromatic heterocycles. The van der Waals surface area contributed by atoms with Crippen molar-refractivity contribution in [2.75, 3.05) is 0 Å². The van der Waals surface area contributed by atoms with Gasteiger partial charge in [-0.1, -0.05) is 82.3 Å². The van der Waals surface area contributed by atoms with Crippen molar-refractivity contribution in [2.45, 2.75) is 74.8 Å². The summed E-state index contributed by atoms with van der Waals surface area (Å²) in [6.07, 6.45) is -0.914. The second kappa shape index (κ2) is 13.3. The summed E-state index contributed by atoms with van der Waals surface area (Å²) in [6.45, 7) is 3.22. The molecule has 0 spiro atoms. The van der Waals surface area contributed by atoms with E-state index < -0.39 is 44.1 Å². The number of rotatable bonds is 4. The average molecular weight is 811 g/mol. The monoisotopic (exact) mass is 811 g/mol. The van der Waals surface area contributed by atoms with Crippen molar-refractivity contribution < 1.29 is 42.3 Å². The van der Waals surface area contributed by atoms with Crippen LogP contribution in [0.15, 0.2) is 77.5 Å². The number of furan rings is 1. The molecule has 4 heterocycles. The number of hydrogen-bond donors (Lipinski definition) is 0. The quantitative estimate of drug-likeness (QED) is 0.131. The zero-order valence-electron chi connectivity index (χ0n) is 40.0. The molecule has 47 heavy (non-hydrogen) atoms. The van der Waals surface area contributed by atoms with E-state index in [4.69, 9.17) is 22.2 Å². The molecule has 0 saturated heterocycles. The van der Waals surface area contributed by atoms with Gasteiger partial charge in [-0.2, -0.15) is 0 Å². The van der Waals surface area contributed by atoms with E-state index in [9.17, 15) is 0 Å². The molecule has 0 saturated carbocycles. The van der Waals surface area contributed by atoms with Gasteiger partial charge in [0.05, 0.1) is 5.58 Å². The van der Waals surface area contributed by atoms with Gasteiger partial charge in [0.2, 0.25) is 5.71 Å². The molecule has 4 nitrogen and oxygen atoms in total. The summed E-state index contributed by atoms with van der Waals surface area (Å²) in [4.78, 5) is 12.8. The molecule has 0 N–H and O–H groups in total. The Morgan fingerprint density at radius 3 is 2.21 bits per heavy atom. The number of nitrogens with zero attached hydrogens (tertiary/aromatic N) is 3. The average Bonchev–Trinajstić information content (AvgIpc) is 3.52. The van der Waals surface area contributed by atoms with Gasteiger partial charge in [0.15, 0.2) is 0 Å². The van der Waals surface area contributed by atoms with E-state index in [2.05, 4.69) is 27.1 Å². The Bertz CT molecular complexity index is 2650. The third kappa shape index (κ3) is 7.64. The largest absolute Gasteiger partial charge is 0.486 e. The number of hydrogen-bond acceptors (Lipinski definition) is 4. The first kappa shape index (κ1) is 21.1. The molecule has 243 valence electrons. The number of aryl methyl sites for hydroxylation is 3. The molecular weight excluding hydrogens is 755 g/mol. The summed E-state index contributed by atoms with van der Waals surface area (Å²) in [5.41, 5.74) is 0.797. The molecule has 0 atom stereocenters. The number of benzene rings is 3. The minimum atomic E-state index is -2.67. The Hall–Kier alpha value is -3.92. The van der Waals surface area contributed by atoms with Crippen LogP contribution >= 0.6 is 0 Å². The molecule has 0 amide bonds. The first-order valence-corrected chi connectivity index (χ1v) is 14.9. The van der Waals surface area contributed by atoms with Crippen molar-refractivity contribution >= 4 is 32.8 Å². The molecule has 7 rings (SSSR count). The van der Waals surface area contributed by atoms with Gasteiger partial charge in [-0.05, 0) is 89.0 Å². The molecule has 7 aromatic rings. The Labute approximate surface area is 311 Å². The van der Waals surface area contributed by atoms with Crippen LogP contribution in [0.25, 0.3) is 55.4 Å². The Kier molecular flexibility index (Phi) is 5.98. The molecule has 0 aliphatic rings. The van der Waals surface area contributed by atoms with E-state index >= 15 is 0 Å². The summed E-state index contributed by atoms with van der Waals surface area (Å²) in [5, 5.41) is 2.74. The molecule has 3 aromatic carbocycles. The van der Waals surface area contributed by atoms with E-state index in [1.54, 1.807) is 24.3 Å². The Balaban J connectivity index is 0.000000231. The maximum Gasteiger partial charge on any atom is 0.216 e. The van der Waals surface area contributed by atoms with Crippen molar-refractivity contribution in [3.63, 3.8) is 0 Å². The molecular formula is C42H43IrN3O-2. The first-order chi connectivity index (χ1) is 26.9. The van der Waals surface area contributed by atoms with E-state index in [0.29, 0.717) is 44.1 Å². The summed E-state index contributed by atoms with van der Waals surface area (Å²) in [7, 11) is 0. The summed E-state index contributed by atoms with van der Waals surface area (Å²) >= 11 is 0. The van der Waals surface area contributed by atoms with Gasteiger partial charge in [0.25, 0.3) is 0 Å². The van der Waals surface area contributed by atoms with Crippen LogP contribution in [-0.2, 0) is 32.9 Å². The third-order valence-electron chi connectivity index (χ3n) is 7.09. The van der Waals surface area contributed by atoms with Gasteiger partial charge >= 0.3 is 0 Å². The van der Waals surface area contributed by atoms with Crippen LogP contribution in [0.2, 0.25) is 0 Å². The Morgan fingerprint density at radius 1 is 0.766 bits per heavy atom. The second-order valence-electron chi connectivity index (χ2n) is 13.3. The maximum absolute atomic E-state index is 8.77. The van der Waals surface area contributed by atoms with Crippen LogP contribution < -0.4 is 0 Å². The SMILES string of the molecule is [2H]C([2H])([2H])c1cc2ccc3c[c-]c(-c4cc(C([2H])([2H])[2H])c(C([2H])([2H])[2H])cn4)c4oc(n1)c2c34.[2H]C([2H])(c1cnc(-c2[c-]cccc2)cc1C([2H])([2H])C(C)(C)C)C(C)(C)C.[Ir]. The molecule has 1 radical (unpaired) electrons. The second-order valence-corrected chi connectivity index (χ2v) is 13.3. The Morgan fingerprint density at radius 2 is 1.51 bits per heavy atom. The zero-order valence-corrected chi connectivity index (χ0v) is 29.4. The van der Waals surface area contributed by atoms with Crippen LogP contribution in [0.1, 0.15) is 87.3 Å². The van der Waals surface area contributed by atoms with Gasteiger partial charge in [-0.15, -0.1) is 48.0 Å². The number of aromatic nitrogens is 3. The van der Waals surface area contributed by atoms with Gasteiger partial charge in [0, 0.05) is 61.4 Å². The summed E-state index contributed by atoms with van der Waals surface area (Å²) < 4.78 is 110. The standard InChI is InChI=1S/C21H15N2O.C21H28N.Ir/c1-11-8-17(22-10-12(11)2)16-7-6-14-4-5-15-9-13(3)23-21-19(15)18(14)20(16)24-21;1-20(2,3)13-17-12-19(16-10-8-7-9-11-16)22-15-18(17)14-21(4,5)6;/h4-6,8-10H,1-3H3;7-10,12,15H,13-14H2,1-6H3;/q2*-1;/i1D3,2D3,3D3;13D2,14D2;. The summed E-state index contributed by atoms with van der Waals surface area (Å²) in [5.74, 6) is 0. The summed E-state index contributed by atoms with van der Waals surface area (Å²) in [6, 6.07) is 23.3. The predicted molar refractivity (Wildman–Crippen MR) is 191 cm³/mol. The fraction of sp³-hybridized carbons (Fsp3) is 0.310. The van der Waals surface area contributed by atoms with Crippen molar-refractivity contribution in [2.24, 2.45) is 10.8 Å². The van der Waals surface area contributed by atoms with E-state index in [-0.39, 0.29) is 48.3 Å². The van der Waals surface area contributed by atoms with Gasteiger partial charge in [-0.3, -0.25) is 0 Å². The van der Waals surface area contributed by atoms with Crippen molar-refractivity contribution in [1.82, 2.24) is 15.0 Å². The number of pyridine rings is 3. The molecule has 0 aliphatic heterocycles. The van der Waals surface area contributed by atoms with Crippen molar-refractivity contribution in [3.05, 3.63) is 113 Å². The fourth-order valence-electron chi connectivity index (χ4n) is 5.26. The van der Waals surface area contributed by atoms with Crippen LogP contribution in [0.5, 0.6) is 0 Å². The van der Waals surface area contributed by atoms with Crippen molar-refractivity contribution in [1.29, 1.82) is 0 Å². The van der Waals surface area contributed by atoms with Crippen LogP contribution in [0, 0.1) is 43.5 Å². The predicted octanol–water partition coefficient (Wildman–Crippen LogP) is 11.1. The van der Waals surface area contributed by atoms with Crippen LogP contribution in [0.3, 0.4) is 0 Å². The normalized spacial score (nSPS) is 17.4.